The number of nitrogens with two attached hydrogens (primary N) is 2. The third kappa shape index (κ3) is 2.97. The first-order valence-corrected chi connectivity index (χ1v) is 7.00. The van der Waals surface area contributed by atoms with Gasteiger partial charge in [0.2, 0.25) is 0 Å². The summed E-state index contributed by atoms with van der Waals surface area (Å²) in [6.45, 7) is 3.61. The summed E-state index contributed by atoms with van der Waals surface area (Å²) < 4.78 is 2.03. The summed E-state index contributed by atoms with van der Waals surface area (Å²) in [7, 11) is 0. The van der Waals surface area contributed by atoms with Gasteiger partial charge in [0, 0.05) is 29.4 Å². The van der Waals surface area contributed by atoms with E-state index >= 15 is 0 Å². The number of aryl methyl sites for hydroxylation is 1. The number of fused-ring (bicyclic) bond motifs is 3. The SMILES string of the molecule is CCCn1nc2c(N)nc3ccccc3c2c1CCN.Cl.Cl. The van der Waals surface area contributed by atoms with Gasteiger partial charge < -0.3 is 11.5 Å². The standard InChI is InChI=1S/C15H19N5.2ClH/c1-2-9-20-12(7-8-16)13-10-5-3-4-6-11(10)18-15(17)14(13)19-20;;/h3-6H,2,7-9,16H2,1H3,(H2,17,18);2*1H. The maximum absolute atomic E-state index is 6.08. The van der Waals surface area contributed by atoms with Gasteiger partial charge >= 0.3 is 0 Å². The van der Waals surface area contributed by atoms with Crippen LogP contribution in [0, 0.1) is 0 Å². The van der Waals surface area contributed by atoms with Gasteiger partial charge in [-0.3, -0.25) is 4.68 Å². The number of rotatable bonds is 4. The van der Waals surface area contributed by atoms with Gasteiger partial charge in [-0.05, 0) is 19.0 Å². The molecule has 0 radical (unpaired) electrons. The molecule has 0 fully saturated rings. The van der Waals surface area contributed by atoms with Gasteiger partial charge in [0.15, 0.2) is 5.82 Å². The van der Waals surface area contributed by atoms with Crippen LogP contribution in [0.4, 0.5) is 5.82 Å². The van der Waals surface area contributed by atoms with Gasteiger partial charge in [0.05, 0.1) is 5.52 Å². The van der Waals surface area contributed by atoms with E-state index in [2.05, 4.69) is 23.1 Å². The zero-order valence-corrected chi connectivity index (χ0v) is 14.1. The van der Waals surface area contributed by atoms with E-state index < -0.39 is 0 Å². The van der Waals surface area contributed by atoms with Crippen LogP contribution in [0.1, 0.15) is 19.0 Å². The zero-order valence-electron chi connectivity index (χ0n) is 12.5. The van der Waals surface area contributed by atoms with Crippen molar-refractivity contribution < 1.29 is 0 Å². The minimum absolute atomic E-state index is 0. The molecule has 3 aromatic rings. The molecular weight excluding hydrogens is 321 g/mol. The Morgan fingerprint density at radius 1 is 1.18 bits per heavy atom. The van der Waals surface area contributed by atoms with Crippen LogP contribution in [0.5, 0.6) is 0 Å². The number of hydrogen-bond donors (Lipinski definition) is 2. The van der Waals surface area contributed by atoms with Gasteiger partial charge in [-0.15, -0.1) is 24.8 Å². The number of nitrogens with zero attached hydrogens (tertiary/aromatic N) is 3. The van der Waals surface area contributed by atoms with E-state index in [9.17, 15) is 0 Å². The molecule has 7 heteroatoms. The molecule has 4 N–H and O–H groups in total. The number of aromatic nitrogens is 3. The van der Waals surface area contributed by atoms with Gasteiger partial charge in [-0.1, -0.05) is 25.1 Å². The van der Waals surface area contributed by atoms with Crippen molar-refractivity contribution >= 4 is 52.4 Å². The lowest BCUT2D eigenvalue weighted by atomic mass is 10.1. The van der Waals surface area contributed by atoms with Crippen LogP contribution in [-0.2, 0) is 13.0 Å². The molecule has 0 atom stereocenters. The summed E-state index contributed by atoms with van der Waals surface area (Å²) in [6, 6.07) is 8.04. The molecule has 0 amide bonds. The summed E-state index contributed by atoms with van der Waals surface area (Å²) in [4.78, 5) is 4.45. The number of hydrogen-bond acceptors (Lipinski definition) is 4. The molecule has 2 aromatic heterocycles. The molecule has 1 aromatic carbocycles. The van der Waals surface area contributed by atoms with E-state index in [4.69, 9.17) is 11.5 Å². The molecule has 0 unspecified atom stereocenters. The molecule has 22 heavy (non-hydrogen) atoms. The van der Waals surface area contributed by atoms with Crippen LogP contribution in [0.2, 0.25) is 0 Å². The van der Waals surface area contributed by atoms with E-state index in [0.717, 1.165) is 46.9 Å². The number of nitrogen functional groups attached to an aromatic ring is 1. The maximum Gasteiger partial charge on any atom is 0.152 e. The smallest absolute Gasteiger partial charge is 0.152 e. The number of benzene rings is 1. The average Bonchev–Trinajstić information content (AvgIpc) is 2.80. The number of anilines is 1. The minimum Gasteiger partial charge on any atom is -0.382 e. The topological polar surface area (TPSA) is 82.8 Å². The predicted molar refractivity (Wildman–Crippen MR) is 97.0 cm³/mol. The molecule has 2 heterocycles. The molecule has 0 bridgehead atoms. The number of halogens is 2. The van der Waals surface area contributed by atoms with Crippen molar-refractivity contribution in [2.75, 3.05) is 12.3 Å². The molecule has 120 valence electrons. The lowest BCUT2D eigenvalue weighted by Crippen LogP contribution is -2.10. The quantitative estimate of drug-likeness (QED) is 0.764. The Balaban J connectivity index is 0.00000121. The van der Waals surface area contributed by atoms with E-state index in [1.165, 1.54) is 0 Å². The van der Waals surface area contributed by atoms with Crippen LogP contribution < -0.4 is 11.5 Å². The first kappa shape index (κ1) is 18.5. The molecular formula is C15H21Cl2N5. The number of para-hydroxylation sites is 1. The Morgan fingerprint density at radius 2 is 1.91 bits per heavy atom. The average molecular weight is 342 g/mol. The highest BCUT2D eigenvalue weighted by molar-refractivity contribution is 6.09. The van der Waals surface area contributed by atoms with Crippen molar-refractivity contribution in [1.82, 2.24) is 14.8 Å². The van der Waals surface area contributed by atoms with Crippen molar-refractivity contribution in [3.63, 3.8) is 0 Å². The summed E-state index contributed by atoms with van der Waals surface area (Å²) in [6.07, 6.45) is 1.82. The lowest BCUT2D eigenvalue weighted by molar-refractivity contribution is 0.579. The minimum atomic E-state index is 0. The molecule has 0 spiro atoms. The Morgan fingerprint density at radius 3 is 2.59 bits per heavy atom. The van der Waals surface area contributed by atoms with Crippen LogP contribution in [0.15, 0.2) is 24.3 Å². The molecule has 0 aliphatic carbocycles. The molecule has 5 nitrogen and oxygen atoms in total. The highest BCUT2D eigenvalue weighted by atomic mass is 35.5. The van der Waals surface area contributed by atoms with Crippen LogP contribution >= 0.6 is 24.8 Å². The fourth-order valence-electron chi connectivity index (χ4n) is 2.71. The van der Waals surface area contributed by atoms with Crippen LogP contribution in [-0.4, -0.2) is 21.3 Å². The Labute approximate surface area is 141 Å². The van der Waals surface area contributed by atoms with E-state index in [1.807, 2.05) is 22.9 Å². The second-order valence-electron chi connectivity index (χ2n) is 4.95. The largest absolute Gasteiger partial charge is 0.382 e. The Bertz CT molecular complexity index is 769. The number of pyridine rings is 1. The van der Waals surface area contributed by atoms with Gasteiger partial charge in [-0.2, -0.15) is 5.10 Å². The van der Waals surface area contributed by atoms with E-state index in [-0.39, 0.29) is 24.8 Å². The van der Waals surface area contributed by atoms with Gasteiger partial charge in [0.1, 0.15) is 5.52 Å². The monoisotopic (exact) mass is 341 g/mol. The molecule has 0 aliphatic heterocycles. The lowest BCUT2D eigenvalue weighted by Gasteiger charge is -2.06. The highest BCUT2D eigenvalue weighted by Crippen LogP contribution is 2.30. The fourth-order valence-corrected chi connectivity index (χ4v) is 2.71. The van der Waals surface area contributed by atoms with Crippen molar-refractivity contribution in [1.29, 1.82) is 0 Å². The summed E-state index contributed by atoms with van der Waals surface area (Å²) in [5.74, 6) is 0.492. The predicted octanol–water partition coefficient (Wildman–Crippen LogP) is 2.92. The first-order chi connectivity index (χ1) is 9.76. The van der Waals surface area contributed by atoms with Crippen molar-refractivity contribution in [2.24, 2.45) is 5.73 Å². The highest BCUT2D eigenvalue weighted by Gasteiger charge is 2.16. The summed E-state index contributed by atoms with van der Waals surface area (Å²) in [5, 5.41) is 6.85. The van der Waals surface area contributed by atoms with Crippen molar-refractivity contribution in [2.45, 2.75) is 26.3 Å². The molecule has 3 rings (SSSR count). The Hall–Kier alpha value is -1.56. The zero-order chi connectivity index (χ0) is 14.1. The maximum atomic E-state index is 6.08. The van der Waals surface area contributed by atoms with E-state index in [1.54, 1.807) is 0 Å². The molecule has 0 aliphatic rings. The molecule has 0 saturated carbocycles. The second-order valence-corrected chi connectivity index (χ2v) is 4.95. The van der Waals surface area contributed by atoms with Gasteiger partial charge in [0.25, 0.3) is 0 Å². The fraction of sp³-hybridized carbons (Fsp3) is 0.333. The third-order valence-electron chi connectivity index (χ3n) is 3.53. The van der Waals surface area contributed by atoms with E-state index in [0.29, 0.717) is 12.4 Å². The van der Waals surface area contributed by atoms with Crippen molar-refractivity contribution in [3.8, 4) is 0 Å². The third-order valence-corrected chi connectivity index (χ3v) is 3.53. The normalized spacial score (nSPS) is 10.5. The molecule has 0 saturated heterocycles. The Kier molecular flexibility index (Phi) is 6.41. The van der Waals surface area contributed by atoms with Gasteiger partial charge in [-0.25, -0.2) is 4.98 Å². The summed E-state index contributed by atoms with van der Waals surface area (Å²) in [5.41, 5.74) is 14.7. The van der Waals surface area contributed by atoms with Crippen molar-refractivity contribution in [3.05, 3.63) is 30.0 Å². The summed E-state index contributed by atoms with van der Waals surface area (Å²) >= 11 is 0. The second kappa shape index (κ2) is 7.63. The first-order valence-electron chi connectivity index (χ1n) is 7.00. The van der Waals surface area contributed by atoms with Crippen LogP contribution in [0.25, 0.3) is 21.8 Å². The van der Waals surface area contributed by atoms with Crippen LogP contribution in [0.3, 0.4) is 0 Å².